The van der Waals surface area contributed by atoms with Crippen LogP contribution in [0.4, 0.5) is 10.5 Å². The van der Waals surface area contributed by atoms with Crippen molar-refractivity contribution in [1.82, 2.24) is 10.6 Å². The summed E-state index contributed by atoms with van der Waals surface area (Å²) < 4.78 is 5.25. The van der Waals surface area contributed by atoms with Crippen LogP contribution in [0.1, 0.15) is 24.2 Å². The van der Waals surface area contributed by atoms with Crippen molar-refractivity contribution < 1.29 is 24.2 Å². The monoisotopic (exact) mass is 335 g/mol. The Kier molecular flexibility index (Phi) is 5.28. The first-order valence-corrected chi connectivity index (χ1v) is 7.62. The van der Waals surface area contributed by atoms with Gasteiger partial charge in [0.2, 0.25) is 0 Å². The smallest absolute Gasteiger partial charge is 0.326 e. The van der Waals surface area contributed by atoms with E-state index in [9.17, 15) is 19.5 Å². The molecular formula is C16H21N3O5. The average molecular weight is 335 g/mol. The van der Waals surface area contributed by atoms with Crippen LogP contribution < -0.4 is 20.3 Å². The lowest BCUT2D eigenvalue weighted by atomic mass is 10.0. The second kappa shape index (κ2) is 7.20. The van der Waals surface area contributed by atoms with E-state index in [-0.39, 0.29) is 17.5 Å². The Morgan fingerprint density at radius 1 is 1.38 bits per heavy atom. The number of carbonyl (C=O) groups excluding carboxylic acids is 2. The fourth-order valence-corrected chi connectivity index (χ4v) is 2.48. The van der Waals surface area contributed by atoms with E-state index >= 15 is 0 Å². The Morgan fingerprint density at radius 3 is 2.58 bits per heavy atom. The minimum Gasteiger partial charge on any atom is -0.495 e. The SMILES string of the molecule is COc1ccc(C(=O)NC(C(=O)O)C(C)C)cc1N1CCNC1=O. The molecule has 3 N–H and O–H groups in total. The molecular weight excluding hydrogens is 314 g/mol. The van der Waals surface area contributed by atoms with Crippen LogP contribution in [0.5, 0.6) is 5.75 Å². The van der Waals surface area contributed by atoms with Crippen LogP contribution in [0.25, 0.3) is 0 Å². The summed E-state index contributed by atoms with van der Waals surface area (Å²) >= 11 is 0. The Bertz CT molecular complexity index is 659. The Hall–Kier alpha value is -2.77. The van der Waals surface area contributed by atoms with Gasteiger partial charge in [0.25, 0.3) is 5.91 Å². The maximum atomic E-state index is 12.4. The quantitative estimate of drug-likeness (QED) is 0.720. The third-order valence-corrected chi connectivity index (χ3v) is 3.81. The highest BCUT2D eigenvalue weighted by molar-refractivity contribution is 6.00. The van der Waals surface area contributed by atoms with Crippen molar-refractivity contribution in [2.45, 2.75) is 19.9 Å². The van der Waals surface area contributed by atoms with Crippen molar-refractivity contribution in [2.24, 2.45) is 5.92 Å². The molecule has 130 valence electrons. The van der Waals surface area contributed by atoms with Crippen LogP contribution in [-0.4, -0.2) is 49.3 Å². The topological polar surface area (TPSA) is 108 Å². The zero-order chi connectivity index (χ0) is 17.9. The molecule has 1 atom stereocenters. The first kappa shape index (κ1) is 17.6. The molecule has 0 spiro atoms. The molecule has 0 bridgehead atoms. The van der Waals surface area contributed by atoms with Gasteiger partial charge in [0, 0.05) is 18.7 Å². The van der Waals surface area contributed by atoms with Crippen LogP contribution >= 0.6 is 0 Å². The van der Waals surface area contributed by atoms with Crippen LogP contribution in [-0.2, 0) is 4.79 Å². The third-order valence-electron chi connectivity index (χ3n) is 3.81. The van der Waals surface area contributed by atoms with Crippen molar-refractivity contribution in [1.29, 1.82) is 0 Å². The number of anilines is 1. The third kappa shape index (κ3) is 3.58. The van der Waals surface area contributed by atoms with Crippen LogP contribution in [0.2, 0.25) is 0 Å². The van der Waals surface area contributed by atoms with Gasteiger partial charge in [0.15, 0.2) is 0 Å². The number of hydrogen-bond donors (Lipinski definition) is 3. The first-order chi connectivity index (χ1) is 11.3. The lowest BCUT2D eigenvalue weighted by Gasteiger charge is -2.20. The summed E-state index contributed by atoms with van der Waals surface area (Å²) in [6.07, 6.45) is 0. The molecule has 3 amide bonds. The van der Waals surface area contributed by atoms with Crippen LogP contribution in [0.3, 0.4) is 0 Å². The molecule has 8 nitrogen and oxygen atoms in total. The van der Waals surface area contributed by atoms with Gasteiger partial charge in [-0.25, -0.2) is 9.59 Å². The number of aliphatic carboxylic acids is 1. The predicted molar refractivity (Wildman–Crippen MR) is 87.5 cm³/mol. The Balaban J connectivity index is 2.29. The summed E-state index contributed by atoms with van der Waals surface area (Å²) in [5, 5.41) is 14.4. The zero-order valence-corrected chi connectivity index (χ0v) is 13.8. The first-order valence-electron chi connectivity index (χ1n) is 7.62. The number of carbonyl (C=O) groups is 3. The van der Waals surface area contributed by atoms with Crippen molar-refractivity contribution in [3.05, 3.63) is 23.8 Å². The standard InChI is InChI=1S/C16H21N3O5/c1-9(2)13(15(21)22)18-14(20)10-4-5-12(24-3)11(8-10)19-7-6-17-16(19)23/h4-5,8-9,13H,6-7H2,1-3H3,(H,17,23)(H,18,20)(H,21,22). The molecule has 1 heterocycles. The summed E-state index contributed by atoms with van der Waals surface area (Å²) in [7, 11) is 1.48. The number of hydrogen-bond acceptors (Lipinski definition) is 4. The van der Waals surface area contributed by atoms with Crippen molar-refractivity contribution in [2.75, 3.05) is 25.1 Å². The van der Waals surface area contributed by atoms with Gasteiger partial charge in [-0.1, -0.05) is 13.8 Å². The van der Waals surface area contributed by atoms with Gasteiger partial charge < -0.3 is 20.5 Å². The number of methoxy groups -OCH3 is 1. The minimum atomic E-state index is -1.09. The summed E-state index contributed by atoms with van der Waals surface area (Å²) in [6.45, 7) is 4.40. The molecule has 1 aliphatic rings. The molecule has 1 unspecified atom stereocenters. The van der Waals surface area contributed by atoms with Gasteiger partial charge >= 0.3 is 12.0 Å². The van der Waals surface area contributed by atoms with E-state index in [2.05, 4.69) is 10.6 Å². The van der Waals surface area contributed by atoms with E-state index in [0.717, 1.165) is 0 Å². The number of amides is 3. The normalized spacial score (nSPS) is 15.2. The highest BCUT2D eigenvalue weighted by Gasteiger charge is 2.27. The maximum absolute atomic E-state index is 12.4. The zero-order valence-electron chi connectivity index (χ0n) is 13.8. The number of nitrogens with zero attached hydrogens (tertiary/aromatic N) is 1. The molecule has 1 aromatic rings. The summed E-state index contributed by atoms with van der Waals surface area (Å²) in [6, 6.07) is 3.39. The van der Waals surface area contributed by atoms with Gasteiger partial charge in [-0.05, 0) is 24.1 Å². The average Bonchev–Trinajstić information content (AvgIpc) is 2.96. The maximum Gasteiger partial charge on any atom is 0.326 e. The van der Waals surface area contributed by atoms with Crippen molar-refractivity contribution in [3.8, 4) is 5.75 Å². The van der Waals surface area contributed by atoms with E-state index in [4.69, 9.17) is 4.74 Å². The number of rotatable bonds is 6. The van der Waals surface area contributed by atoms with Gasteiger partial charge in [-0.3, -0.25) is 9.69 Å². The predicted octanol–water partition coefficient (Wildman–Crippen LogP) is 1.06. The van der Waals surface area contributed by atoms with Gasteiger partial charge in [0.05, 0.1) is 12.8 Å². The van der Waals surface area contributed by atoms with Gasteiger partial charge in [0.1, 0.15) is 11.8 Å². The van der Waals surface area contributed by atoms with Gasteiger partial charge in [-0.15, -0.1) is 0 Å². The second-order valence-corrected chi connectivity index (χ2v) is 5.80. The highest BCUT2D eigenvalue weighted by atomic mass is 16.5. The fraction of sp³-hybridized carbons (Fsp3) is 0.438. The molecule has 0 radical (unpaired) electrons. The largest absolute Gasteiger partial charge is 0.495 e. The highest BCUT2D eigenvalue weighted by Crippen LogP contribution is 2.30. The summed E-state index contributed by atoms with van der Waals surface area (Å²) in [5.74, 6) is -1.40. The lowest BCUT2D eigenvalue weighted by Crippen LogP contribution is -2.44. The Labute approximate surface area is 139 Å². The number of benzene rings is 1. The van der Waals surface area contributed by atoms with E-state index in [1.165, 1.54) is 24.1 Å². The fourth-order valence-electron chi connectivity index (χ4n) is 2.48. The van der Waals surface area contributed by atoms with Gasteiger partial charge in [-0.2, -0.15) is 0 Å². The lowest BCUT2D eigenvalue weighted by molar-refractivity contribution is -0.140. The molecule has 0 saturated carbocycles. The summed E-state index contributed by atoms with van der Waals surface area (Å²) in [4.78, 5) is 36.9. The van der Waals surface area contributed by atoms with E-state index in [1.54, 1.807) is 19.9 Å². The van der Waals surface area contributed by atoms with E-state index < -0.39 is 17.9 Å². The number of carboxylic acids is 1. The molecule has 8 heteroatoms. The Morgan fingerprint density at radius 2 is 2.08 bits per heavy atom. The van der Waals surface area contributed by atoms with Crippen molar-refractivity contribution in [3.63, 3.8) is 0 Å². The molecule has 1 aromatic carbocycles. The number of carboxylic acid groups (broad SMARTS) is 1. The molecule has 24 heavy (non-hydrogen) atoms. The number of ether oxygens (including phenoxy) is 1. The molecule has 0 aliphatic carbocycles. The number of nitrogens with one attached hydrogen (secondary N) is 2. The molecule has 2 rings (SSSR count). The van der Waals surface area contributed by atoms with Crippen LogP contribution in [0, 0.1) is 5.92 Å². The molecule has 1 fully saturated rings. The summed E-state index contributed by atoms with van der Waals surface area (Å²) in [5.41, 5.74) is 0.731. The molecule has 0 aromatic heterocycles. The second-order valence-electron chi connectivity index (χ2n) is 5.80. The van der Waals surface area contributed by atoms with Crippen molar-refractivity contribution >= 4 is 23.6 Å². The minimum absolute atomic E-state index is 0.256. The van der Waals surface area contributed by atoms with Crippen LogP contribution in [0.15, 0.2) is 18.2 Å². The number of urea groups is 1. The van der Waals surface area contributed by atoms with E-state index in [1.807, 2.05) is 0 Å². The van der Waals surface area contributed by atoms with E-state index in [0.29, 0.717) is 24.5 Å². The molecule has 1 aliphatic heterocycles. The molecule has 1 saturated heterocycles.